The Hall–Kier alpha value is -1.31. The van der Waals surface area contributed by atoms with Gasteiger partial charge in [-0.05, 0) is 43.7 Å². The second-order valence-electron chi connectivity index (χ2n) is 6.72. The van der Waals surface area contributed by atoms with Gasteiger partial charge in [0.25, 0.3) is 0 Å². The van der Waals surface area contributed by atoms with Crippen molar-refractivity contribution in [3.63, 3.8) is 0 Å². The van der Waals surface area contributed by atoms with Gasteiger partial charge in [0.2, 0.25) is 0 Å². The van der Waals surface area contributed by atoms with E-state index < -0.39 is 0 Å². The summed E-state index contributed by atoms with van der Waals surface area (Å²) >= 11 is 1.19. The molecule has 1 saturated carbocycles. The minimum atomic E-state index is -0.0275. The summed E-state index contributed by atoms with van der Waals surface area (Å²) in [6, 6.07) is 9.82. The van der Waals surface area contributed by atoms with Gasteiger partial charge in [0.15, 0.2) is 0 Å². The molecule has 0 spiro atoms. The first-order chi connectivity index (χ1) is 11.3. The zero-order chi connectivity index (χ0) is 16.3. The van der Waals surface area contributed by atoms with E-state index in [0.717, 1.165) is 23.7 Å². The topological polar surface area (TPSA) is 26.3 Å². The van der Waals surface area contributed by atoms with Crippen molar-refractivity contribution in [1.82, 2.24) is 0 Å². The monoisotopic (exact) mass is 434 g/mol. The number of carbonyl (C=O) groups excluding carboxylic acids is 1. The van der Waals surface area contributed by atoms with Gasteiger partial charge in [-0.2, -0.15) is 0 Å². The number of benzene rings is 1. The van der Waals surface area contributed by atoms with Crippen molar-refractivity contribution in [2.24, 2.45) is 11.8 Å². The number of rotatable bonds is 9. The summed E-state index contributed by atoms with van der Waals surface area (Å²) < 4.78 is 5.41. The van der Waals surface area contributed by atoms with Gasteiger partial charge in [0.05, 0.1) is 18.0 Å². The average molecular weight is 435 g/mol. The molecule has 1 aromatic carbocycles. The molecule has 168 valence electrons. The maximum absolute atomic E-state index is 12.2. The highest BCUT2D eigenvalue weighted by Gasteiger charge is 2.27. The van der Waals surface area contributed by atoms with Crippen molar-refractivity contribution in [1.29, 1.82) is 0 Å². The lowest BCUT2D eigenvalue weighted by atomic mass is 9.80. The van der Waals surface area contributed by atoms with Gasteiger partial charge in [0, 0.05) is 4.90 Å². The van der Waals surface area contributed by atoms with E-state index in [1.54, 1.807) is 0 Å². The highest BCUT2D eigenvalue weighted by Crippen LogP contribution is 2.34. The van der Waals surface area contributed by atoms with Gasteiger partial charge < -0.3 is 4.18 Å². The Morgan fingerprint density at radius 2 is 1.46 bits per heavy atom. The molecule has 0 heterocycles. The lowest BCUT2D eigenvalue weighted by Crippen LogP contribution is -2.22. The molecule has 0 amide bonds. The first-order valence-corrected chi connectivity index (χ1v) is 9.97. The van der Waals surface area contributed by atoms with E-state index in [4.69, 9.17) is 4.18 Å². The SMILES string of the molecule is CCCCCCCC1CCC(C(=O)OSc2ccccc2)CC1.F.F.F.F.F. The first kappa shape index (κ1) is 34.2. The molecule has 0 saturated heterocycles. The predicted molar refractivity (Wildman–Crippen MR) is 110 cm³/mol. The summed E-state index contributed by atoms with van der Waals surface area (Å²) in [6.07, 6.45) is 12.6. The second-order valence-corrected chi connectivity index (χ2v) is 7.52. The van der Waals surface area contributed by atoms with E-state index in [-0.39, 0.29) is 35.4 Å². The van der Waals surface area contributed by atoms with Crippen molar-refractivity contribution in [3.05, 3.63) is 30.3 Å². The lowest BCUT2D eigenvalue weighted by molar-refractivity contribution is -0.138. The highest BCUT2D eigenvalue weighted by molar-refractivity contribution is 7.95. The minimum Gasteiger partial charge on any atom is -0.386 e. The van der Waals surface area contributed by atoms with Crippen LogP contribution in [0.15, 0.2) is 35.2 Å². The van der Waals surface area contributed by atoms with Gasteiger partial charge in [0.1, 0.15) is 0 Å². The number of unbranched alkanes of at least 4 members (excludes halogenated alkanes) is 4. The molecule has 1 aliphatic carbocycles. The summed E-state index contributed by atoms with van der Waals surface area (Å²) in [6.45, 7) is 2.26. The summed E-state index contributed by atoms with van der Waals surface area (Å²) in [5, 5.41) is 0. The van der Waals surface area contributed by atoms with Gasteiger partial charge >= 0.3 is 5.97 Å². The van der Waals surface area contributed by atoms with E-state index in [0.29, 0.717) is 0 Å². The number of carbonyl (C=O) groups is 1. The molecule has 1 aliphatic rings. The second kappa shape index (κ2) is 20.4. The predicted octanol–water partition coefficient (Wildman–Crippen LogP) is 7.17. The molecule has 1 fully saturated rings. The number of hydrogen-bond acceptors (Lipinski definition) is 3. The zero-order valence-electron chi connectivity index (χ0n) is 16.4. The Labute approximate surface area is 169 Å². The van der Waals surface area contributed by atoms with E-state index in [2.05, 4.69) is 6.92 Å². The molecular formula is C20H35F5O2S. The van der Waals surface area contributed by atoms with Crippen LogP contribution >= 0.6 is 12.0 Å². The third kappa shape index (κ3) is 13.0. The quantitative estimate of drug-likeness (QED) is 0.234. The maximum atomic E-state index is 12.2. The third-order valence-electron chi connectivity index (χ3n) is 4.86. The van der Waals surface area contributed by atoms with Crippen LogP contribution in [0, 0.1) is 11.8 Å². The molecule has 0 aromatic heterocycles. The summed E-state index contributed by atoms with van der Waals surface area (Å²) in [5.74, 6) is 0.922. The summed E-state index contributed by atoms with van der Waals surface area (Å²) in [7, 11) is 0. The normalized spacial score (nSPS) is 17.3. The summed E-state index contributed by atoms with van der Waals surface area (Å²) in [5.41, 5.74) is 0. The molecule has 2 nitrogen and oxygen atoms in total. The molecule has 0 bridgehead atoms. The minimum absolute atomic E-state index is 0. The van der Waals surface area contributed by atoms with E-state index in [9.17, 15) is 4.79 Å². The van der Waals surface area contributed by atoms with Crippen LogP contribution in [0.5, 0.6) is 0 Å². The third-order valence-corrected chi connectivity index (χ3v) is 5.57. The smallest absolute Gasteiger partial charge is 0.321 e. The molecule has 0 atom stereocenters. The number of halogens is 5. The molecule has 0 N–H and O–H groups in total. The fourth-order valence-corrected chi connectivity index (χ4v) is 3.94. The van der Waals surface area contributed by atoms with Gasteiger partial charge in [-0.1, -0.05) is 63.6 Å². The molecule has 8 heteroatoms. The van der Waals surface area contributed by atoms with Crippen LogP contribution in [0.3, 0.4) is 0 Å². The van der Waals surface area contributed by atoms with Crippen molar-refractivity contribution in [3.8, 4) is 0 Å². The van der Waals surface area contributed by atoms with Crippen molar-refractivity contribution < 1.29 is 32.5 Å². The van der Waals surface area contributed by atoms with E-state index in [1.807, 2.05) is 30.3 Å². The maximum Gasteiger partial charge on any atom is 0.321 e. The van der Waals surface area contributed by atoms with Crippen LogP contribution in [0.1, 0.15) is 71.1 Å². The Bertz CT molecular complexity index is 457. The Balaban J connectivity index is -0.000000576. The lowest BCUT2D eigenvalue weighted by Gasteiger charge is -2.26. The van der Waals surface area contributed by atoms with Crippen molar-refractivity contribution >= 4 is 18.0 Å². The van der Waals surface area contributed by atoms with Crippen LogP contribution in [-0.2, 0) is 8.98 Å². The Morgan fingerprint density at radius 3 is 2.04 bits per heavy atom. The van der Waals surface area contributed by atoms with Crippen LogP contribution in [0.25, 0.3) is 0 Å². The molecule has 0 radical (unpaired) electrons. The highest BCUT2D eigenvalue weighted by atomic mass is 32.2. The summed E-state index contributed by atoms with van der Waals surface area (Å²) in [4.78, 5) is 13.2. The molecule has 2 rings (SSSR count). The van der Waals surface area contributed by atoms with Gasteiger partial charge in [-0.25, -0.2) is 0 Å². The first-order valence-electron chi connectivity index (χ1n) is 9.23. The standard InChI is InChI=1S/C20H30O2S.5FH/c1-2-3-4-5-7-10-17-13-15-18(16-14-17)20(21)22-23-19-11-8-6-9-12-19;;;;;/h6,8-9,11-12,17-18H,2-5,7,10,13-16H2,1H3;5*1H. The Morgan fingerprint density at radius 1 is 0.893 bits per heavy atom. The zero-order valence-corrected chi connectivity index (χ0v) is 17.2. The molecule has 0 unspecified atom stereocenters. The largest absolute Gasteiger partial charge is 0.386 e. The fraction of sp³-hybridized carbons (Fsp3) is 0.650. The van der Waals surface area contributed by atoms with Crippen LogP contribution < -0.4 is 0 Å². The Kier molecular flexibility index (Phi) is 25.0. The van der Waals surface area contributed by atoms with Crippen LogP contribution in [-0.4, -0.2) is 5.97 Å². The number of hydrogen-bond donors (Lipinski definition) is 0. The molecule has 28 heavy (non-hydrogen) atoms. The van der Waals surface area contributed by atoms with E-state index in [1.165, 1.54) is 63.4 Å². The average Bonchev–Trinajstić information content (AvgIpc) is 2.61. The molecule has 1 aromatic rings. The van der Waals surface area contributed by atoms with Gasteiger partial charge in [-0.3, -0.25) is 28.3 Å². The van der Waals surface area contributed by atoms with E-state index >= 15 is 0 Å². The van der Waals surface area contributed by atoms with Gasteiger partial charge in [-0.15, -0.1) is 0 Å². The van der Waals surface area contributed by atoms with Crippen LogP contribution in [0.2, 0.25) is 0 Å². The van der Waals surface area contributed by atoms with Crippen LogP contribution in [0.4, 0.5) is 23.5 Å². The molecular weight excluding hydrogens is 399 g/mol. The van der Waals surface area contributed by atoms with Crippen molar-refractivity contribution in [2.45, 2.75) is 76.0 Å². The van der Waals surface area contributed by atoms with Crippen molar-refractivity contribution in [2.75, 3.05) is 0 Å². The fourth-order valence-electron chi connectivity index (χ4n) is 3.36. The molecule has 0 aliphatic heterocycles.